The minimum Gasteiger partial charge on any atom is -0.409 e. The van der Waals surface area contributed by atoms with E-state index in [1.807, 2.05) is 4.57 Å². The van der Waals surface area contributed by atoms with Crippen LogP contribution in [0, 0.1) is 0 Å². The number of nitrogens with two attached hydrogens (primary N) is 1. The number of hydrogen-bond acceptors (Lipinski definition) is 3. The van der Waals surface area contributed by atoms with Gasteiger partial charge in [0.25, 0.3) is 0 Å². The zero-order valence-corrected chi connectivity index (χ0v) is 8.73. The van der Waals surface area contributed by atoms with Crippen molar-refractivity contribution < 1.29 is 5.21 Å². The first-order valence-corrected chi connectivity index (χ1v) is 4.43. The molecule has 0 aromatic carbocycles. The molecule has 0 unspecified atom stereocenters. The zero-order valence-electron chi connectivity index (χ0n) is 8.73. The van der Waals surface area contributed by atoms with Crippen molar-refractivity contribution in [2.24, 2.45) is 10.9 Å². The highest BCUT2D eigenvalue weighted by atomic mass is 16.4. The third-order valence-corrected chi connectivity index (χ3v) is 1.93. The van der Waals surface area contributed by atoms with Gasteiger partial charge in [-0.25, -0.2) is 4.98 Å². The Hall–Kier alpha value is -1.52. The molecule has 0 saturated carbocycles. The summed E-state index contributed by atoms with van der Waals surface area (Å²) in [6, 6.07) is 0. The first-order chi connectivity index (χ1) is 6.45. The van der Waals surface area contributed by atoms with Crippen molar-refractivity contribution in [2.45, 2.75) is 32.7 Å². The van der Waals surface area contributed by atoms with E-state index in [4.69, 9.17) is 10.9 Å². The molecular formula is C9H16N4O. The summed E-state index contributed by atoms with van der Waals surface area (Å²) in [6.45, 7) is 6.22. The Bertz CT molecular complexity index is 335. The summed E-state index contributed by atoms with van der Waals surface area (Å²) >= 11 is 0. The Morgan fingerprint density at radius 2 is 2.29 bits per heavy atom. The molecule has 0 aliphatic carbocycles. The van der Waals surface area contributed by atoms with Gasteiger partial charge in [0.15, 0.2) is 0 Å². The fourth-order valence-corrected chi connectivity index (χ4v) is 1.28. The molecular weight excluding hydrogens is 180 g/mol. The Kier molecular flexibility index (Phi) is 2.78. The van der Waals surface area contributed by atoms with Crippen LogP contribution in [0.4, 0.5) is 0 Å². The molecule has 0 aliphatic heterocycles. The number of hydrogen-bond donors (Lipinski definition) is 2. The minimum absolute atomic E-state index is 0.0401. The van der Waals surface area contributed by atoms with Gasteiger partial charge in [-0.05, 0) is 20.8 Å². The maximum Gasteiger partial charge on any atom is 0.145 e. The molecule has 0 bridgehead atoms. The molecule has 1 aromatic rings. The number of rotatable bonds is 2. The monoisotopic (exact) mass is 196 g/mol. The van der Waals surface area contributed by atoms with Gasteiger partial charge in [-0.15, -0.1) is 0 Å². The van der Waals surface area contributed by atoms with E-state index in [0.717, 1.165) is 5.69 Å². The molecule has 0 radical (unpaired) electrons. The average molecular weight is 196 g/mol. The van der Waals surface area contributed by atoms with Crippen molar-refractivity contribution in [3.63, 3.8) is 0 Å². The number of aromatic nitrogens is 2. The predicted molar refractivity (Wildman–Crippen MR) is 54.3 cm³/mol. The molecule has 14 heavy (non-hydrogen) atoms. The Balaban J connectivity index is 2.94. The molecule has 1 heterocycles. The van der Waals surface area contributed by atoms with Gasteiger partial charge in [0.05, 0.1) is 12.7 Å². The molecule has 0 amide bonds. The lowest BCUT2D eigenvalue weighted by Crippen LogP contribution is -2.25. The first kappa shape index (κ1) is 10.6. The molecule has 0 aliphatic rings. The summed E-state index contributed by atoms with van der Waals surface area (Å²) in [6.07, 6.45) is 3.89. The summed E-state index contributed by atoms with van der Waals surface area (Å²) in [5.74, 6) is 0.191. The third kappa shape index (κ3) is 2.25. The fraction of sp³-hybridized carbons (Fsp3) is 0.556. The second-order valence-electron chi connectivity index (χ2n) is 4.19. The number of imidazole rings is 1. The molecule has 0 spiro atoms. The van der Waals surface area contributed by atoms with Gasteiger partial charge in [0, 0.05) is 17.4 Å². The van der Waals surface area contributed by atoms with E-state index in [0.29, 0.717) is 6.42 Å². The smallest absolute Gasteiger partial charge is 0.145 e. The van der Waals surface area contributed by atoms with Crippen molar-refractivity contribution in [1.82, 2.24) is 9.55 Å². The molecule has 78 valence electrons. The van der Waals surface area contributed by atoms with E-state index >= 15 is 0 Å². The van der Waals surface area contributed by atoms with Crippen LogP contribution >= 0.6 is 0 Å². The van der Waals surface area contributed by atoms with Crippen LogP contribution in [0.1, 0.15) is 26.5 Å². The van der Waals surface area contributed by atoms with Crippen molar-refractivity contribution in [1.29, 1.82) is 0 Å². The van der Waals surface area contributed by atoms with Gasteiger partial charge < -0.3 is 15.5 Å². The van der Waals surface area contributed by atoms with E-state index in [1.165, 1.54) is 0 Å². The van der Waals surface area contributed by atoms with Gasteiger partial charge >= 0.3 is 0 Å². The lowest BCUT2D eigenvalue weighted by molar-refractivity contribution is 0.316. The summed E-state index contributed by atoms with van der Waals surface area (Å²) in [5, 5.41) is 11.4. The van der Waals surface area contributed by atoms with E-state index in [9.17, 15) is 0 Å². The van der Waals surface area contributed by atoms with Gasteiger partial charge in [-0.2, -0.15) is 0 Å². The molecule has 1 aromatic heterocycles. The van der Waals surface area contributed by atoms with Crippen LogP contribution in [0.15, 0.2) is 17.7 Å². The predicted octanol–water partition coefficient (Wildman–Crippen LogP) is 0.927. The number of nitrogens with zero attached hydrogens (tertiary/aromatic N) is 3. The fourth-order valence-electron chi connectivity index (χ4n) is 1.28. The minimum atomic E-state index is -0.0401. The molecule has 0 atom stereocenters. The standard InChI is InChI=1S/C9H16N4O/c1-9(2,3)13-6-11-5-7(13)4-8(10)12-14/h5-6,14H,4H2,1-3H3,(H2,10,12). The zero-order chi connectivity index (χ0) is 10.8. The van der Waals surface area contributed by atoms with E-state index < -0.39 is 0 Å². The summed E-state index contributed by atoms with van der Waals surface area (Å²) in [4.78, 5) is 4.05. The molecule has 0 fully saturated rings. The number of oxime groups is 1. The van der Waals surface area contributed by atoms with Crippen LogP contribution in [0.5, 0.6) is 0 Å². The molecule has 3 N–H and O–H groups in total. The lowest BCUT2D eigenvalue weighted by atomic mass is 10.1. The SMILES string of the molecule is CC(C)(C)n1cncc1C/C(N)=N/O. The summed E-state index contributed by atoms with van der Waals surface area (Å²) < 4.78 is 2.00. The Morgan fingerprint density at radius 1 is 1.64 bits per heavy atom. The van der Waals surface area contributed by atoms with Gasteiger partial charge in [-0.1, -0.05) is 5.16 Å². The van der Waals surface area contributed by atoms with E-state index in [-0.39, 0.29) is 11.4 Å². The average Bonchev–Trinajstić information content (AvgIpc) is 2.51. The number of amidine groups is 1. The second kappa shape index (κ2) is 3.69. The Morgan fingerprint density at radius 3 is 2.79 bits per heavy atom. The molecule has 5 heteroatoms. The highest BCUT2D eigenvalue weighted by molar-refractivity contribution is 5.81. The molecule has 1 rings (SSSR count). The van der Waals surface area contributed by atoms with Crippen LogP contribution in [0.25, 0.3) is 0 Å². The van der Waals surface area contributed by atoms with Gasteiger partial charge in [0.2, 0.25) is 0 Å². The van der Waals surface area contributed by atoms with Gasteiger partial charge in [0.1, 0.15) is 5.84 Å². The molecule has 0 saturated heterocycles. The van der Waals surface area contributed by atoms with Crippen molar-refractivity contribution in [3.8, 4) is 0 Å². The maximum absolute atomic E-state index is 8.46. The summed E-state index contributed by atoms with van der Waals surface area (Å²) in [7, 11) is 0. The van der Waals surface area contributed by atoms with Crippen LogP contribution in [-0.4, -0.2) is 20.6 Å². The summed E-state index contributed by atoms with van der Waals surface area (Å²) in [5.41, 5.74) is 6.33. The highest BCUT2D eigenvalue weighted by Gasteiger charge is 2.16. The molecule has 5 nitrogen and oxygen atoms in total. The largest absolute Gasteiger partial charge is 0.409 e. The van der Waals surface area contributed by atoms with Crippen molar-refractivity contribution in [3.05, 3.63) is 18.2 Å². The van der Waals surface area contributed by atoms with E-state index in [1.54, 1.807) is 12.5 Å². The topological polar surface area (TPSA) is 76.4 Å². The van der Waals surface area contributed by atoms with Gasteiger partial charge in [-0.3, -0.25) is 0 Å². The maximum atomic E-state index is 8.46. The van der Waals surface area contributed by atoms with Crippen LogP contribution < -0.4 is 5.73 Å². The van der Waals surface area contributed by atoms with Crippen LogP contribution in [0.3, 0.4) is 0 Å². The van der Waals surface area contributed by atoms with E-state index in [2.05, 4.69) is 30.9 Å². The third-order valence-electron chi connectivity index (χ3n) is 1.93. The lowest BCUT2D eigenvalue weighted by Gasteiger charge is -2.23. The van der Waals surface area contributed by atoms with Crippen LogP contribution in [-0.2, 0) is 12.0 Å². The van der Waals surface area contributed by atoms with Crippen molar-refractivity contribution in [2.75, 3.05) is 0 Å². The van der Waals surface area contributed by atoms with Crippen LogP contribution in [0.2, 0.25) is 0 Å². The Labute approximate surface area is 83.2 Å². The van der Waals surface area contributed by atoms with Crippen molar-refractivity contribution >= 4 is 5.84 Å². The highest BCUT2D eigenvalue weighted by Crippen LogP contribution is 2.16. The normalized spacial score (nSPS) is 13.2. The first-order valence-electron chi connectivity index (χ1n) is 4.43. The quantitative estimate of drug-likeness (QED) is 0.320. The second-order valence-corrected chi connectivity index (χ2v) is 4.19.